The van der Waals surface area contributed by atoms with Gasteiger partial charge in [-0.1, -0.05) is 42.5 Å². The lowest BCUT2D eigenvalue weighted by Gasteiger charge is -2.35. The number of anilines is 2. The summed E-state index contributed by atoms with van der Waals surface area (Å²) in [4.78, 5) is 28.6. The van der Waals surface area contributed by atoms with Crippen LogP contribution in [0.15, 0.2) is 72.8 Å². The maximum atomic E-state index is 14.1. The number of nitrogens with one attached hydrogen (secondary N) is 2. The number of para-hydroxylation sites is 2. The molecule has 10 heteroatoms. The Morgan fingerprint density at radius 1 is 1.08 bits per heavy atom. The lowest BCUT2D eigenvalue weighted by Crippen LogP contribution is -2.54. The second kappa shape index (κ2) is 8.58. The summed E-state index contributed by atoms with van der Waals surface area (Å²) in [5, 5.41) is 18.8. The first-order valence-electron chi connectivity index (χ1n) is 11.5. The van der Waals surface area contributed by atoms with Gasteiger partial charge in [0.2, 0.25) is 5.66 Å². The number of methoxy groups -OCH3 is 1. The molecule has 180 valence electrons. The maximum Gasteiger partial charge on any atom is 0.281 e. The molecule has 3 heterocycles. The minimum atomic E-state index is -1.38. The van der Waals surface area contributed by atoms with Crippen LogP contribution in [-0.4, -0.2) is 52.1 Å². The molecule has 2 N–H and O–H groups in total. The van der Waals surface area contributed by atoms with E-state index in [1.165, 1.54) is 9.58 Å². The first-order chi connectivity index (χ1) is 17.6. The maximum absolute atomic E-state index is 14.1. The number of fused-ring (bicyclic) bond motifs is 6. The van der Waals surface area contributed by atoms with Crippen molar-refractivity contribution in [2.45, 2.75) is 12.2 Å². The number of hydrogen-bond donors (Lipinski definition) is 2. The van der Waals surface area contributed by atoms with Crippen molar-refractivity contribution in [3.63, 3.8) is 0 Å². The van der Waals surface area contributed by atoms with Crippen LogP contribution in [0.2, 0.25) is 0 Å². The van der Waals surface area contributed by atoms with E-state index in [1.54, 1.807) is 7.11 Å². The third-order valence-electron chi connectivity index (χ3n) is 6.53. The Balaban J connectivity index is 1.26. The van der Waals surface area contributed by atoms with Gasteiger partial charge in [-0.15, -0.1) is 5.10 Å². The van der Waals surface area contributed by atoms with E-state index in [0.717, 1.165) is 22.6 Å². The van der Waals surface area contributed by atoms with Crippen LogP contribution in [0.5, 0.6) is 5.75 Å². The quantitative estimate of drug-likeness (QED) is 0.413. The standard InChI is InChI=1S/C26H23N7O3/c1-36-19-8-6-7-17(13-19)14-27-15-18(34)16-32-23-12-5-3-10-21(23)26(25(32)35)28-22-11-4-2-9-20(22)24-29-30-31-33(24)26/h2-13,27-28H,14-16H2,1H3. The predicted molar refractivity (Wildman–Crippen MR) is 132 cm³/mol. The normalized spacial score (nSPS) is 17.4. The Labute approximate surface area is 206 Å². The second-order valence-corrected chi connectivity index (χ2v) is 8.70. The van der Waals surface area contributed by atoms with E-state index in [2.05, 4.69) is 26.2 Å². The molecule has 0 saturated carbocycles. The lowest BCUT2D eigenvalue weighted by molar-refractivity contribution is -0.125. The molecule has 0 bridgehead atoms. The molecule has 1 amide bonds. The molecule has 36 heavy (non-hydrogen) atoms. The van der Waals surface area contributed by atoms with Gasteiger partial charge in [-0.05, 0) is 46.3 Å². The number of tetrazole rings is 1. The number of aromatic nitrogens is 4. The summed E-state index contributed by atoms with van der Waals surface area (Å²) in [5.74, 6) is 0.813. The first kappa shape index (κ1) is 21.9. The number of rotatable bonds is 7. The van der Waals surface area contributed by atoms with Crippen LogP contribution in [0.3, 0.4) is 0 Å². The van der Waals surface area contributed by atoms with E-state index in [-0.39, 0.29) is 24.8 Å². The van der Waals surface area contributed by atoms with Crippen LogP contribution in [0.25, 0.3) is 11.4 Å². The van der Waals surface area contributed by atoms with Crippen LogP contribution in [-0.2, 0) is 21.8 Å². The monoisotopic (exact) mass is 481 g/mol. The fourth-order valence-corrected chi connectivity index (χ4v) is 4.89. The van der Waals surface area contributed by atoms with Gasteiger partial charge in [-0.25, -0.2) is 0 Å². The minimum Gasteiger partial charge on any atom is -0.497 e. The summed E-state index contributed by atoms with van der Waals surface area (Å²) < 4.78 is 6.77. The van der Waals surface area contributed by atoms with E-state index in [1.807, 2.05) is 72.8 Å². The fraction of sp³-hybridized carbons (Fsp3) is 0.192. The lowest BCUT2D eigenvalue weighted by atomic mass is 9.96. The Hall–Kier alpha value is -4.57. The zero-order valence-electron chi connectivity index (χ0n) is 19.5. The number of carbonyl (C=O) groups is 2. The number of Topliss-reactive ketones (excluding diaryl/α,β-unsaturated/α-hetero) is 1. The van der Waals surface area contributed by atoms with Crippen molar-refractivity contribution in [3.8, 4) is 17.1 Å². The molecule has 10 nitrogen and oxygen atoms in total. The van der Waals surface area contributed by atoms with Gasteiger partial charge in [0.1, 0.15) is 5.75 Å². The summed E-state index contributed by atoms with van der Waals surface area (Å²) in [6.45, 7) is 0.537. The molecule has 1 spiro atoms. The zero-order chi connectivity index (χ0) is 24.7. The van der Waals surface area contributed by atoms with E-state index in [4.69, 9.17) is 4.74 Å². The van der Waals surface area contributed by atoms with E-state index in [9.17, 15) is 9.59 Å². The smallest absolute Gasteiger partial charge is 0.281 e. The zero-order valence-corrected chi connectivity index (χ0v) is 19.5. The average molecular weight is 482 g/mol. The topological polar surface area (TPSA) is 114 Å². The van der Waals surface area contributed by atoms with Crippen molar-refractivity contribution >= 4 is 23.1 Å². The molecule has 1 unspecified atom stereocenters. The van der Waals surface area contributed by atoms with Crippen LogP contribution in [0.1, 0.15) is 11.1 Å². The van der Waals surface area contributed by atoms with Crippen LogP contribution in [0, 0.1) is 0 Å². The van der Waals surface area contributed by atoms with Crippen LogP contribution >= 0.6 is 0 Å². The third-order valence-corrected chi connectivity index (χ3v) is 6.53. The van der Waals surface area contributed by atoms with E-state index >= 15 is 0 Å². The second-order valence-electron chi connectivity index (χ2n) is 8.70. The molecule has 2 aliphatic rings. The predicted octanol–water partition coefficient (Wildman–Crippen LogP) is 2.18. The van der Waals surface area contributed by atoms with Crippen molar-refractivity contribution in [1.82, 2.24) is 25.5 Å². The average Bonchev–Trinajstić information content (AvgIpc) is 3.49. The molecule has 1 aromatic heterocycles. The van der Waals surface area contributed by atoms with E-state index < -0.39 is 5.66 Å². The highest BCUT2D eigenvalue weighted by Gasteiger charge is 2.57. The summed E-state index contributed by atoms with van der Waals surface area (Å²) in [5.41, 5.74) is 2.51. The number of ketones is 1. The highest BCUT2D eigenvalue weighted by Crippen LogP contribution is 2.47. The van der Waals surface area contributed by atoms with Gasteiger partial charge >= 0.3 is 0 Å². The first-order valence-corrected chi connectivity index (χ1v) is 11.5. The number of nitrogens with zero attached hydrogens (tertiary/aromatic N) is 5. The molecule has 0 fully saturated rings. The van der Waals surface area contributed by atoms with Gasteiger partial charge in [-0.3, -0.25) is 9.59 Å². The number of ether oxygens (including phenoxy) is 1. The van der Waals surface area contributed by atoms with Gasteiger partial charge in [0.05, 0.1) is 25.9 Å². The van der Waals surface area contributed by atoms with Crippen molar-refractivity contribution in [3.05, 3.63) is 83.9 Å². The van der Waals surface area contributed by atoms with Gasteiger partial charge < -0.3 is 20.3 Å². The summed E-state index contributed by atoms with van der Waals surface area (Å²) >= 11 is 0. The van der Waals surface area contributed by atoms with Crippen molar-refractivity contribution in [1.29, 1.82) is 0 Å². The van der Waals surface area contributed by atoms with E-state index in [0.29, 0.717) is 23.6 Å². The molecule has 1 atom stereocenters. The molecule has 0 saturated heterocycles. The Kier molecular flexibility index (Phi) is 5.23. The molecule has 3 aromatic carbocycles. The SMILES string of the molecule is COc1cccc(CNCC(=O)CN2C(=O)C3(Nc4ccccc4-c4nnnn43)c3ccccc32)c1. The van der Waals surface area contributed by atoms with Gasteiger partial charge in [0.25, 0.3) is 5.91 Å². The number of amides is 1. The van der Waals surface area contributed by atoms with Crippen molar-refractivity contribution in [2.75, 3.05) is 30.4 Å². The minimum absolute atomic E-state index is 0.0799. The number of carbonyl (C=O) groups excluding carboxylic acids is 2. The van der Waals surface area contributed by atoms with Gasteiger partial charge in [0.15, 0.2) is 11.6 Å². The molecular weight excluding hydrogens is 458 g/mol. The molecule has 2 aliphatic heterocycles. The molecular formula is C26H23N7O3. The fourth-order valence-electron chi connectivity index (χ4n) is 4.89. The van der Waals surface area contributed by atoms with Crippen LogP contribution < -0.4 is 20.3 Å². The van der Waals surface area contributed by atoms with Gasteiger partial charge in [0, 0.05) is 23.4 Å². The Morgan fingerprint density at radius 3 is 2.81 bits per heavy atom. The molecule has 4 aromatic rings. The third kappa shape index (κ3) is 3.34. The number of benzene rings is 3. The van der Waals surface area contributed by atoms with Crippen molar-refractivity contribution < 1.29 is 14.3 Å². The van der Waals surface area contributed by atoms with Crippen LogP contribution in [0.4, 0.5) is 11.4 Å². The number of hydrogen-bond acceptors (Lipinski definition) is 8. The van der Waals surface area contributed by atoms with Gasteiger partial charge in [-0.2, -0.15) is 4.68 Å². The largest absolute Gasteiger partial charge is 0.497 e. The summed E-state index contributed by atoms with van der Waals surface area (Å²) in [6.07, 6.45) is 0. The molecule has 0 radical (unpaired) electrons. The highest BCUT2D eigenvalue weighted by molar-refractivity contribution is 6.13. The summed E-state index contributed by atoms with van der Waals surface area (Å²) in [6, 6.07) is 22.6. The molecule has 6 rings (SSSR count). The Bertz CT molecular complexity index is 1480. The molecule has 0 aliphatic carbocycles. The highest BCUT2D eigenvalue weighted by atomic mass is 16.5. The van der Waals surface area contributed by atoms with Crippen molar-refractivity contribution in [2.24, 2.45) is 0 Å². The summed E-state index contributed by atoms with van der Waals surface area (Å²) in [7, 11) is 1.62. The Morgan fingerprint density at radius 2 is 1.92 bits per heavy atom.